The van der Waals surface area contributed by atoms with Gasteiger partial charge in [0.15, 0.2) is 11.5 Å². The summed E-state index contributed by atoms with van der Waals surface area (Å²) in [4.78, 5) is 6.53. The van der Waals surface area contributed by atoms with E-state index in [1.807, 2.05) is 12.1 Å². The molecular formula is C17H20N2O2S. The molecule has 22 heavy (non-hydrogen) atoms. The molecule has 0 saturated heterocycles. The number of hydrogen-bond donors (Lipinski definition) is 2. The summed E-state index contributed by atoms with van der Waals surface area (Å²) in [6.07, 6.45) is 1.02. The first-order valence-corrected chi connectivity index (χ1v) is 8.13. The summed E-state index contributed by atoms with van der Waals surface area (Å²) in [6, 6.07) is 11.5. The Morgan fingerprint density at radius 2 is 1.73 bits per heavy atom. The molecule has 0 atom stereocenters. The monoisotopic (exact) mass is 316 g/mol. The van der Waals surface area contributed by atoms with Crippen LogP contribution in [0.4, 0.5) is 11.4 Å². The summed E-state index contributed by atoms with van der Waals surface area (Å²) >= 11 is 1.63. The zero-order chi connectivity index (χ0) is 15.7. The van der Waals surface area contributed by atoms with Gasteiger partial charge >= 0.3 is 0 Å². The number of phenolic OH excluding ortho intramolecular Hbond substituents is 2. The maximum absolute atomic E-state index is 9.86. The summed E-state index contributed by atoms with van der Waals surface area (Å²) < 4.78 is 0. The van der Waals surface area contributed by atoms with Gasteiger partial charge < -0.3 is 20.0 Å². The van der Waals surface area contributed by atoms with E-state index in [4.69, 9.17) is 0 Å². The molecule has 0 spiro atoms. The molecule has 0 amide bonds. The van der Waals surface area contributed by atoms with Gasteiger partial charge in [-0.15, -0.1) is 0 Å². The molecule has 0 aliphatic carbocycles. The van der Waals surface area contributed by atoms with E-state index in [2.05, 4.69) is 36.0 Å². The van der Waals surface area contributed by atoms with Crippen molar-refractivity contribution in [2.75, 3.05) is 32.1 Å². The number of fused-ring (bicyclic) bond motifs is 2. The lowest BCUT2D eigenvalue weighted by atomic mass is 10.2. The van der Waals surface area contributed by atoms with Crippen molar-refractivity contribution in [3.8, 4) is 11.5 Å². The number of aromatic hydroxyl groups is 2. The molecule has 3 rings (SSSR count). The summed E-state index contributed by atoms with van der Waals surface area (Å²) in [6.45, 7) is 1.87. The highest BCUT2D eigenvalue weighted by Gasteiger charge is 2.24. The standard InChI is InChI=1S/C17H20N2O2S/c1-18(2)8-5-9-19-12-6-3-4-7-16(12)22-17-11-15(21)14(20)10-13(17)19/h3-4,6-7,10-11,20-21H,5,8-9H2,1-2H3. The van der Waals surface area contributed by atoms with E-state index >= 15 is 0 Å². The Kier molecular flexibility index (Phi) is 4.18. The molecule has 0 saturated carbocycles. The minimum absolute atomic E-state index is 0.0705. The molecule has 2 aromatic rings. The fourth-order valence-electron chi connectivity index (χ4n) is 2.64. The van der Waals surface area contributed by atoms with Crippen LogP contribution in [0.25, 0.3) is 0 Å². The lowest BCUT2D eigenvalue weighted by molar-refractivity contribution is 0.400. The number of para-hydroxylation sites is 1. The van der Waals surface area contributed by atoms with Crippen LogP contribution < -0.4 is 4.90 Å². The average Bonchev–Trinajstić information content (AvgIpc) is 2.48. The number of nitrogens with zero attached hydrogens (tertiary/aromatic N) is 2. The van der Waals surface area contributed by atoms with E-state index in [1.165, 1.54) is 4.90 Å². The molecule has 0 bridgehead atoms. The highest BCUT2D eigenvalue weighted by Crippen LogP contribution is 2.50. The first kappa shape index (κ1) is 15.1. The highest BCUT2D eigenvalue weighted by atomic mass is 32.2. The van der Waals surface area contributed by atoms with Crippen molar-refractivity contribution in [1.82, 2.24) is 4.90 Å². The molecule has 0 unspecified atom stereocenters. The first-order valence-electron chi connectivity index (χ1n) is 7.31. The molecule has 2 N–H and O–H groups in total. The van der Waals surface area contributed by atoms with Crippen LogP contribution in [0, 0.1) is 0 Å². The maximum Gasteiger partial charge on any atom is 0.159 e. The Bertz CT molecular complexity index is 688. The van der Waals surface area contributed by atoms with Crippen molar-refractivity contribution in [3.63, 3.8) is 0 Å². The van der Waals surface area contributed by atoms with Crippen LogP contribution in [0.2, 0.25) is 0 Å². The fraction of sp³-hybridized carbons (Fsp3) is 0.294. The largest absolute Gasteiger partial charge is 0.504 e. The second-order valence-corrected chi connectivity index (χ2v) is 6.77. The van der Waals surface area contributed by atoms with Crippen LogP contribution in [0.3, 0.4) is 0 Å². The number of rotatable bonds is 4. The van der Waals surface area contributed by atoms with Crippen molar-refractivity contribution >= 4 is 23.1 Å². The van der Waals surface area contributed by atoms with Gasteiger partial charge in [-0.2, -0.15) is 0 Å². The minimum atomic E-state index is -0.0728. The third-order valence-corrected chi connectivity index (χ3v) is 4.82. The number of hydrogen-bond acceptors (Lipinski definition) is 5. The average molecular weight is 316 g/mol. The Hall–Kier alpha value is -1.85. The van der Waals surface area contributed by atoms with Crippen molar-refractivity contribution in [2.24, 2.45) is 0 Å². The van der Waals surface area contributed by atoms with Crippen molar-refractivity contribution < 1.29 is 10.2 Å². The molecule has 116 valence electrons. The zero-order valence-corrected chi connectivity index (χ0v) is 13.6. The molecule has 5 heteroatoms. The topological polar surface area (TPSA) is 46.9 Å². The molecule has 0 radical (unpaired) electrons. The van der Waals surface area contributed by atoms with Gasteiger partial charge in [0, 0.05) is 22.4 Å². The molecule has 1 aliphatic rings. The third-order valence-electron chi connectivity index (χ3n) is 3.71. The van der Waals surface area contributed by atoms with Crippen molar-refractivity contribution in [3.05, 3.63) is 36.4 Å². The summed E-state index contributed by atoms with van der Waals surface area (Å²) in [5.41, 5.74) is 2.11. The molecule has 0 fully saturated rings. The SMILES string of the molecule is CN(C)CCCN1c2ccccc2Sc2cc(O)c(O)cc21. The molecular weight excluding hydrogens is 296 g/mol. The van der Waals surface area contributed by atoms with Gasteiger partial charge in [0.2, 0.25) is 0 Å². The van der Waals surface area contributed by atoms with Crippen LogP contribution in [0.1, 0.15) is 6.42 Å². The van der Waals surface area contributed by atoms with Gasteiger partial charge in [0.1, 0.15) is 0 Å². The van der Waals surface area contributed by atoms with E-state index in [-0.39, 0.29) is 11.5 Å². The predicted octanol–water partition coefficient (Wildman–Crippen LogP) is 3.65. The molecule has 1 aliphatic heterocycles. The van der Waals surface area contributed by atoms with Gasteiger partial charge in [-0.25, -0.2) is 0 Å². The normalized spacial score (nSPS) is 13.1. The van der Waals surface area contributed by atoms with Crippen LogP contribution >= 0.6 is 11.8 Å². The van der Waals surface area contributed by atoms with Crippen molar-refractivity contribution in [1.29, 1.82) is 0 Å². The van der Waals surface area contributed by atoms with E-state index in [1.54, 1.807) is 23.9 Å². The molecule has 1 heterocycles. The van der Waals surface area contributed by atoms with Crippen LogP contribution in [-0.4, -0.2) is 42.3 Å². The minimum Gasteiger partial charge on any atom is -0.504 e. The number of phenols is 2. The summed E-state index contributed by atoms with van der Waals surface area (Å²) in [7, 11) is 4.13. The van der Waals surface area contributed by atoms with Crippen molar-refractivity contribution in [2.45, 2.75) is 16.2 Å². The molecule has 4 nitrogen and oxygen atoms in total. The van der Waals surface area contributed by atoms with Gasteiger partial charge in [0.25, 0.3) is 0 Å². The fourth-order valence-corrected chi connectivity index (χ4v) is 3.75. The second-order valence-electron chi connectivity index (χ2n) is 5.69. The zero-order valence-electron chi connectivity index (χ0n) is 12.8. The second kappa shape index (κ2) is 6.10. The van der Waals surface area contributed by atoms with Crippen LogP contribution in [0.5, 0.6) is 11.5 Å². The maximum atomic E-state index is 9.86. The Balaban J connectivity index is 1.98. The first-order chi connectivity index (χ1) is 10.6. The highest BCUT2D eigenvalue weighted by molar-refractivity contribution is 7.99. The van der Waals surface area contributed by atoms with Crippen LogP contribution in [0.15, 0.2) is 46.2 Å². The number of anilines is 2. The molecule has 0 aromatic heterocycles. The van der Waals surface area contributed by atoms with E-state index < -0.39 is 0 Å². The summed E-state index contributed by atoms with van der Waals surface area (Å²) in [5, 5.41) is 19.6. The number of benzene rings is 2. The van der Waals surface area contributed by atoms with Crippen LogP contribution in [-0.2, 0) is 0 Å². The Morgan fingerprint density at radius 1 is 1.00 bits per heavy atom. The lowest BCUT2D eigenvalue weighted by Gasteiger charge is -2.33. The van der Waals surface area contributed by atoms with E-state index in [9.17, 15) is 10.2 Å². The molecule has 2 aromatic carbocycles. The van der Waals surface area contributed by atoms with Gasteiger partial charge in [-0.1, -0.05) is 23.9 Å². The Morgan fingerprint density at radius 3 is 2.50 bits per heavy atom. The van der Waals surface area contributed by atoms with Gasteiger partial charge in [-0.05, 0) is 45.3 Å². The van der Waals surface area contributed by atoms with Gasteiger partial charge in [0.05, 0.1) is 11.4 Å². The Labute approximate surface area is 135 Å². The van der Waals surface area contributed by atoms with Gasteiger partial charge in [-0.3, -0.25) is 0 Å². The predicted molar refractivity (Wildman–Crippen MR) is 90.5 cm³/mol. The van der Waals surface area contributed by atoms with E-state index in [0.29, 0.717) is 0 Å². The quantitative estimate of drug-likeness (QED) is 0.843. The lowest BCUT2D eigenvalue weighted by Crippen LogP contribution is -2.25. The third kappa shape index (κ3) is 2.87. The smallest absolute Gasteiger partial charge is 0.159 e. The summed E-state index contributed by atoms with van der Waals surface area (Å²) in [5.74, 6) is -0.143. The van der Waals surface area contributed by atoms with E-state index in [0.717, 1.165) is 35.8 Å².